The third kappa shape index (κ3) is 4.91. The largest absolute Gasteiger partial charge is 0.384 e. The zero-order valence-corrected chi connectivity index (χ0v) is 20.7. The normalized spacial score (nSPS) is 30.0. The van der Waals surface area contributed by atoms with Crippen LogP contribution in [0.15, 0.2) is 48.5 Å². The molecule has 1 nitrogen and oxygen atoms in total. The molecule has 0 bridgehead atoms. The van der Waals surface area contributed by atoms with E-state index < -0.39 is 0 Å². The van der Waals surface area contributed by atoms with Gasteiger partial charge in [0.05, 0.1) is 0 Å². The van der Waals surface area contributed by atoms with Gasteiger partial charge in [-0.1, -0.05) is 80.4 Å². The predicted octanol–water partition coefficient (Wildman–Crippen LogP) is 7.11. The molecule has 0 heterocycles. The summed E-state index contributed by atoms with van der Waals surface area (Å²) in [5.74, 6) is 1.50. The maximum atomic E-state index is 5.35. The molecule has 2 saturated carbocycles. The lowest BCUT2D eigenvalue weighted by molar-refractivity contribution is 0.127. The molecule has 0 spiro atoms. The molecule has 2 aliphatic carbocycles. The molecule has 162 valence electrons. The Labute approximate surface area is 186 Å². The minimum atomic E-state index is 0.176. The second kappa shape index (κ2) is 9.83. The fraction of sp³-hybridized carbons (Fsp3) is 0.571. The number of hydrogen-bond acceptors (Lipinski definition) is 1. The molecule has 2 aromatic carbocycles. The van der Waals surface area contributed by atoms with E-state index in [2.05, 4.69) is 62.0 Å². The van der Waals surface area contributed by atoms with Gasteiger partial charge in [0.25, 0.3) is 0 Å². The summed E-state index contributed by atoms with van der Waals surface area (Å²) in [5, 5.41) is 0. The summed E-state index contributed by atoms with van der Waals surface area (Å²) in [6, 6.07) is 18.9. The molecular formula is C28H40OSi. The summed E-state index contributed by atoms with van der Waals surface area (Å²) in [4.78, 5) is 0. The first-order valence-electron chi connectivity index (χ1n) is 12.3. The van der Waals surface area contributed by atoms with Crippen molar-refractivity contribution in [1.29, 1.82) is 0 Å². The summed E-state index contributed by atoms with van der Waals surface area (Å²) in [7, 11) is 2.01. The van der Waals surface area contributed by atoms with Crippen molar-refractivity contribution >= 4 is 9.52 Å². The van der Waals surface area contributed by atoms with Gasteiger partial charge < -0.3 is 4.74 Å². The number of methoxy groups -OCH3 is 1. The number of hydrogen-bond donors (Lipinski definition) is 0. The highest BCUT2D eigenvalue weighted by atomic mass is 28.2. The highest BCUT2D eigenvalue weighted by Gasteiger charge is 2.32. The third-order valence-corrected chi connectivity index (χ3v) is 10.3. The molecular weight excluding hydrogens is 380 g/mol. The van der Waals surface area contributed by atoms with E-state index in [4.69, 9.17) is 4.74 Å². The minimum Gasteiger partial charge on any atom is -0.384 e. The number of rotatable bonds is 6. The Morgan fingerprint density at radius 3 is 1.93 bits per heavy atom. The fourth-order valence-electron chi connectivity index (χ4n) is 5.92. The van der Waals surface area contributed by atoms with Crippen LogP contribution in [0.3, 0.4) is 0 Å². The average molecular weight is 421 g/mol. The molecule has 0 N–H and O–H groups in total. The lowest BCUT2D eigenvalue weighted by Crippen LogP contribution is -2.28. The van der Waals surface area contributed by atoms with E-state index in [0.717, 1.165) is 24.0 Å². The number of benzene rings is 2. The predicted molar refractivity (Wildman–Crippen MR) is 132 cm³/mol. The molecule has 0 saturated heterocycles. The van der Waals surface area contributed by atoms with E-state index in [9.17, 15) is 0 Å². The van der Waals surface area contributed by atoms with Crippen molar-refractivity contribution in [2.45, 2.75) is 81.7 Å². The van der Waals surface area contributed by atoms with Crippen molar-refractivity contribution < 1.29 is 4.74 Å². The Morgan fingerprint density at radius 1 is 0.833 bits per heavy atom. The van der Waals surface area contributed by atoms with Crippen LogP contribution >= 0.6 is 0 Å². The van der Waals surface area contributed by atoms with Crippen molar-refractivity contribution in [3.8, 4) is 11.1 Å². The van der Waals surface area contributed by atoms with E-state index in [-0.39, 0.29) is 9.52 Å². The first-order chi connectivity index (χ1) is 14.6. The van der Waals surface area contributed by atoms with E-state index in [1.165, 1.54) is 68.1 Å². The van der Waals surface area contributed by atoms with Gasteiger partial charge in [0.15, 0.2) is 0 Å². The molecule has 2 fully saturated rings. The molecule has 2 aliphatic rings. The molecule has 2 heteroatoms. The zero-order valence-electron chi connectivity index (χ0n) is 19.3. The Hall–Kier alpha value is -1.38. The molecule has 0 aliphatic heterocycles. The van der Waals surface area contributed by atoms with Crippen molar-refractivity contribution in [2.24, 2.45) is 5.92 Å². The van der Waals surface area contributed by atoms with Crippen molar-refractivity contribution in [3.63, 3.8) is 0 Å². The van der Waals surface area contributed by atoms with Crippen molar-refractivity contribution in [1.82, 2.24) is 0 Å². The second-order valence-electron chi connectivity index (χ2n) is 10.3. The maximum absolute atomic E-state index is 5.35. The Kier molecular flexibility index (Phi) is 7.15. The van der Waals surface area contributed by atoms with Gasteiger partial charge in [-0.05, 0) is 78.0 Å². The maximum Gasteiger partial charge on any atom is 0.0490 e. The van der Waals surface area contributed by atoms with Gasteiger partial charge in [-0.25, -0.2) is 0 Å². The summed E-state index contributed by atoms with van der Waals surface area (Å²) in [5.41, 5.74) is 7.26. The van der Waals surface area contributed by atoms with Crippen LogP contribution in [-0.2, 0) is 10.2 Å². The summed E-state index contributed by atoms with van der Waals surface area (Å²) >= 11 is 0. The lowest BCUT2D eigenvalue weighted by Gasteiger charge is -2.37. The van der Waals surface area contributed by atoms with Crippen LogP contribution in [-0.4, -0.2) is 23.2 Å². The van der Waals surface area contributed by atoms with E-state index in [1.54, 1.807) is 5.56 Å². The molecule has 2 aromatic rings. The third-order valence-electron chi connectivity index (χ3n) is 8.33. The van der Waals surface area contributed by atoms with Crippen LogP contribution < -0.4 is 0 Å². The van der Waals surface area contributed by atoms with Crippen LogP contribution in [0.25, 0.3) is 11.1 Å². The Balaban J connectivity index is 1.39. The van der Waals surface area contributed by atoms with Gasteiger partial charge in [-0.15, -0.1) is 0 Å². The second-order valence-corrected chi connectivity index (χ2v) is 12.3. The standard InChI is InChI=1S/C28H40OSi/c1-28(18-16-27(30-3)17-19-28)26-14-12-25(13-15-26)24-10-8-23(9-11-24)22-6-4-21(5-7-22)20-29-2/h8-15,21-22,27H,4-7,16-20,30H2,1-3H3. The Morgan fingerprint density at radius 2 is 1.40 bits per heavy atom. The fourth-order valence-corrected chi connectivity index (χ4v) is 7.15. The topological polar surface area (TPSA) is 9.23 Å². The van der Waals surface area contributed by atoms with Crippen molar-refractivity contribution in [2.75, 3.05) is 13.7 Å². The van der Waals surface area contributed by atoms with Crippen LogP contribution in [0.4, 0.5) is 0 Å². The van der Waals surface area contributed by atoms with Gasteiger partial charge in [0.2, 0.25) is 0 Å². The first-order valence-corrected chi connectivity index (χ1v) is 14.5. The van der Waals surface area contributed by atoms with Crippen LogP contribution in [0.2, 0.25) is 12.1 Å². The highest BCUT2D eigenvalue weighted by molar-refractivity contribution is 6.35. The van der Waals surface area contributed by atoms with Crippen LogP contribution in [0, 0.1) is 5.92 Å². The summed E-state index contributed by atoms with van der Waals surface area (Å²) < 4.78 is 5.35. The summed E-state index contributed by atoms with van der Waals surface area (Å²) in [6.07, 6.45) is 10.9. The quantitative estimate of drug-likeness (QED) is 0.452. The van der Waals surface area contributed by atoms with Gasteiger partial charge in [-0.2, -0.15) is 0 Å². The van der Waals surface area contributed by atoms with Crippen LogP contribution in [0.5, 0.6) is 0 Å². The van der Waals surface area contributed by atoms with E-state index >= 15 is 0 Å². The monoisotopic (exact) mass is 420 g/mol. The minimum absolute atomic E-state index is 0.176. The zero-order chi connectivity index (χ0) is 21.0. The molecule has 0 unspecified atom stereocenters. The molecule has 0 amide bonds. The first kappa shape index (κ1) is 21.8. The smallest absolute Gasteiger partial charge is 0.0490 e. The highest BCUT2D eigenvalue weighted by Crippen LogP contribution is 2.43. The van der Waals surface area contributed by atoms with E-state index in [0.29, 0.717) is 5.41 Å². The van der Waals surface area contributed by atoms with Gasteiger partial charge in [0.1, 0.15) is 0 Å². The van der Waals surface area contributed by atoms with Gasteiger partial charge in [0, 0.05) is 23.2 Å². The van der Waals surface area contributed by atoms with Gasteiger partial charge >= 0.3 is 0 Å². The summed E-state index contributed by atoms with van der Waals surface area (Å²) in [6.45, 7) is 5.91. The van der Waals surface area contributed by atoms with Crippen molar-refractivity contribution in [3.05, 3.63) is 59.7 Å². The number of ether oxygens (including phenoxy) is 1. The van der Waals surface area contributed by atoms with Crippen LogP contribution in [0.1, 0.15) is 75.3 Å². The van der Waals surface area contributed by atoms with Gasteiger partial charge in [-0.3, -0.25) is 0 Å². The molecule has 0 radical (unpaired) electrons. The molecule has 0 atom stereocenters. The lowest BCUT2D eigenvalue weighted by atomic mass is 9.70. The van der Waals surface area contributed by atoms with E-state index in [1.807, 2.05) is 7.11 Å². The molecule has 30 heavy (non-hydrogen) atoms. The Bertz CT molecular complexity index is 778. The average Bonchev–Trinajstić information content (AvgIpc) is 2.81. The SMILES string of the molecule is COCC1CCC(c2ccc(-c3ccc(C4(C)CCC([SiH2]C)CC4)cc3)cc2)CC1. The molecule has 4 rings (SSSR count). The molecule has 0 aromatic heterocycles.